The highest BCUT2D eigenvalue weighted by molar-refractivity contribution is 5.44. The van der Waals surface area contributed by atoms with Gasteiger partial charge >= 0.3 is 6.36 Å². The molecule has 0 heterocycles. The molecule has 1 fully saturated rings. The van der Waals surface area contributed by atoms with E-state index in [1.54, 1.807) is 12.1 Å². The lowest BCUT2D eigenvalue weighted by Crippen LogP contribution is -2.29. The summed E-state index contributed by atoms with van der Waals surface area (Å²) in [5, 5.41) is 9.43. The van der Waals surface area contributed by atoms with Gasteiger partial charge in [-0.25, -0.2) is 0 Å². The highest BCUT2D eigenvalue weighted by Crippen LogP contribution is 2.43. The van der Waals surface area contributed by atoms with E-state index in [1.807, 2.05) is 0 Å². The molecule has 2 rings (SSSR count). The zero-order valence-electron chi connectivity index (χ0n) is 10.3. The van der Waals surface area contributed by atoms with Gasteiger partial charge in [-0.1, -0.05) is 37.5 Å². The minimum absolute atomic E-state index is 0.251. The third-order valence-electron chi connectivity index (χ3n) is 3.55. The summed E-state index contributed by atoms with van der Waals surface area (Å²) in [6.07, 6.45) is -0.835. The van der Waals surface area contributed by atoms with Crippen LogP contribution in [0.5, 0.6) is 5.75 Å². The Labute approximate surface area is 109 Å². The van der Waals surface area contributed by atoms with Crippen molar-refractivity contribution in [3.05, 3.63) is 29.8 Å². The molecule has 102 valence electrons. The van der Waals surface area contributed by atoms with E-state index < -0.39 is 11.8 Å². The lowest BCUT2D eigenvalue weighted by atomic mass is 9.70. The summed E-state index contributed by atoms with van der Waals surface area (Å²) in [6.45, 7) is 0. The third kappa shape index (κ3) is 3.01. The van der Waals surface area contributed by atoms with Crippen molar-refractivity contribution in [1.29, 1.82) is 5.26 Å². The standard InChI is InChI=1S/C14H14F3NO/c15-14(16,17)19-12-7-3-2-6-11(12)13(10-18)8-4-1-5-9-13/h2-3,6-7H,1,4-5,8-9H2. The highest BCUT2D eigenvalue weighted by Gasteiger charge is 2.39. The highest BCUT2D eigenvalue weighted by atomic mass is 19.4. The first kappa shape index (κ1) is 13.7. The van der Waals surface area contributed by atoms with E-state index in [0.29, 0.717) is 18.4 Å². The molecule has 19 heavy (non-hydrogen) atoms. The molecule has 0 atom stereocenters. The molecule has 0 amide bonds. The molecule has 0 aliphatic heterocycles. The fourth-order valence-electron chi connectivity index (χ4n) is 2.67. The van der Waals surface area contributed by atoms with Crippen LogP contribution >= 0.6 is 0 Å². The fraction of sp³-hybridized carbons (Fsp3) is 0.500. The van der Waals surface area contributed by atoms with Crippen molar-refractivity contribution in [2.75, 3.05) is 0 Å². The van der Waals surface area contributed by atoms with E-state index >= 15 is 0 Å². The predicted octanol–water partition coefficient (Wildman–Crippen LogP) is 4.31. The predicted molar refractivity (Wildman–Crippen MR) is 63.5 cm³/mol. The van der Waals surface area contributed by atoms with E-state index in [4.69, 9.17) is 0 Å². The average Bonchev–Trinajstić information content (AvgIpc) is 2.38. The summed E-state index contributed by atoms with van der Waals surface area (Å²) in [5.41, 5.74) is -0.491. The van der Waals surface area contributed by atoms with E-state index in [-0.39, 0.29) is 5.75 Å². The number of halogens is 3. The van der Waals surface area contributed by atoms with E-state index in [9.17, 15) is 18.4 Å². The molecule has 5 heteroatoms. The number of nitrogens with zero attached hydrogens (tertiary/aromatic N) is 1. The SMILES string of the molecule is N#CC1(c2ccccc2OC(F)(F)F)CCCCC1. The Balaban J connectivity index is 2.41. The van der Waals surface area contributed by atoms with E-state index in [0.717, 1.165) is 19.3 Å². The van der Waals surface area contributed by atoms with Gasteiger partial charge in [-0.2, -0.15) is 5.26 Å². The smallest absolute Gasteiger partial charge is 0.405 e. The monoisotopic (exact) mass is 269 g/mol. The molecule has 1 saturated carbocycles. The zero-order valence-corrected chi connectivity index (χ0v) is 10.3. The van der Waals surface area contributed by atoms with Gasteiger partial charge in [0, 0.05) is 5.56 Å². The Morgan fingerprint density at radius 1 is 1.11 bits per heavy atom. The average molecular weight is 269 g/mol. The number of ether oxygens (including phenoxy) is 1. The third-order valence-corrected chi connectivity index (χ3v) is 3.55. The van der Waals surface area contributed by atoms with Crippen molar-refractivity contribution in [2.24, 2.45) is 0 Å². The Kier molecular flexibility index (Phi) is 3.70. The second kappa shape index (κ2) is 5.12. The molecule has 0 bridgehead atoms. The second-order valence-electron chi connectivity index (χ2n) is 4.80. The topological polar surface area (TPSA) is 33.0 Å². The molecule has 1 aliphatic rings. The van der Waals surface area contributed by atoms with Crippen molar-refractivity contribution in [2.45, 2.75) is 43.9 Å². The normalized spacial score (nSPS) is 18.6. The molecule has 0 spiro atoms. The molecule has 0 aromatic heterocycles. The second-order valence-corrected chi connectivity index (χ2v) is 4.80. The summed E-state index contributed by atoms with van der Waals surface area (Å²) in [4.78, 5) is 0. The quantitative estimate of drug-likeness (QED) is 0.801. The number of para-hydroxylation sites is 1. The summed E-state index contributed by atoms with van der Waals surface area (Å²) in [7, 11) is 0. The molecular weight excluding hydrogens is 255 g/mol. The maximum atomic E-state index is 12.4. The van der Waals surface area contributed by atoms with E-state index in [2.05, 4.69) is 10.8 Å². The molecule has 1 aromatic rings. The van der Waals surface area contributed by atoms with Crippen LogP contribution in [0.25, 0.3) is 0 Å². The number of alkyl halides is 3. The van der Waals surface area contributed by atoms with E-state index in [1.165, 1.54) is 12.1 Å². The van der Waals surface area contributed by atoms with Crippen molar-refractivity contribution < 1.29 is 17.9 Å². The molecule has 0 radical (unpaired) electrons. The fourth-order valence-corrected chi connectivity index (χ4v) is 2.67. The Bertz CT molecular complexity index is 484. The number of benzene rings is 1. The van der Waals surface area contributed by atoms with Crippen LogP contribution in [0, 0.1) is 11.3 Å². The van der Waals surface area contributed by atoms with Crippen LogP contribution in [0.4, 0.5) is 13.2 Å². The van der Waals surface area contributed by atoms with Crippen molar-refractivity contribution in [3.8, 4) is 11.8 Å². The Hall–Kier alpha value is -1.70. The zero-order chi connectivity index (χ0) is 13.9. The summed E-state index contributed by atoms with van der Waals surface area (Å²) >= 11 is 0. The van der Waals surface area contributed by atoms with Crippen LogP contribution in [0.15, 0.2) is 24.3 Å². The number of rotatable bonds is 2. The largest absolute Gasteiger partial charge is 0.573 e. The molecule has 1 aliphatic carbocycles. The maximum Gasteiger partial charge on any atom is 0.573 e. The van der Waals surface area contributed by atoms with Gasteiger partial charge in [0.25, 0.3) is 0 Å². The van der Waals surface area contributed by atoms with Gasteiger partial charge in [-0.3, -0.25) is 0 Å². The first-order valence-electron chi connectivity index (χ1n) is 6.23. The van der Waals surface area contributed by atoms with Gasteiger partial charge in [-0.15, -0.1) is 13.2 Å². The summed E-state index contributed by atoms with van der Waals surface area (Å²) in [5.74, 6) is -0.251. The molecular formula is C14H14F3NO. The van der Waals surface area contributed by atoms with Gasteiger partial charge in [0.2, 0.25) is 0 Å². The summed E-state index contributed by atoms with van der Waals surface area (Å²) < 4.78 is 41.3. The van der Waals surface area contributed by atoms with Gasteiger partial charge < -0.3 is 4.74 Å². The first-order chi connectivity index (χ1) is 8.97. The minimum atomic E-state index is -4.73. The number of hydrogen-bond donors (Lipinski definition) is 0. The van der Waals surface area contributed by atoms with Crippen molar-refractivity contribution >= 4 is 0 Å². The van der Waals surface area contributed by atoms with Crippen LogP contribution in [-0.2, 0) is 5.41 Å². The van der Waals surface area contributed by atoms with Gasteiger partial charge in [0.1, 0.15) is 5.75 Å². The molecule has 0 unspecified atom stereocenters. The first-order valence-corrected chi connectivity index (χ1v) is 6.23. The molecule has 1 aromatic carbocycles. The minimum Gasteiger partial charge on any atom is -0.405 e. The number of nitriles is 1. The van der Waals surface area contributed by atoms with Crippen molar-refractivity contribution in [1.82, 2.24) is 0 Å². The molecule has 0 saturated heterocycles. The van der Waals surface area contributed by atoms with Crippen molar-refractivity contribution in [3.63, 3.8) is 0 Å². The van der Waals surface area contributed by atoms with Gasteiger partial charge in [0.15, 0.2) is 0 Å². The lowest BCUT2D eigenvalue weighted by Gasteiger charge is -2.32. The van der Waals surface area contributed by atoms with Gasteiger partial charge in [-0.05, 0) is 18.9 Å². The van der Waals surface area contributed by atoms with Crippen LogP contribution in [0.2, 0.25) is 0 Å². The Morgan fingerprint density at radius 3 is 2.32 bits per heavy atom. The maximum absolute atomic E-state index is 12.4. The van der Waals surface area contributed by atoms with Crippen LogP contribution in [0.1, 0.15) is 37.7 Å². The summed E-state index contributed by atoms with van der Waals surface area (Å²) in [6, 6.07) is 8.18. The van der Waals surface area contributed by atoms with Gasteiger partial charge in [0.05, 0.1) is 11.5 Å². The van der Waals surface area contributed by atoms with Crippen LogP contribution < -0.4 is 4.74 Å². The van der Waals surface area contributed by atoms with Crippen LogP contribution in [-0.4, -0.2) is 6.36 Å². The lowest BCUT2D eigenvalue weighted by molar-refractivity contribution is -0.275. The Morgan fingerprint density at radius 2 is 1.74 bits per heavy atom. The number of hydrogen-bond acceptors (Lipinski definition) is 2. The molecule has 2 nitrogen and oxygen atoms in total. The van der Waals surface area contributed by atoms with Crippen LogP contribution in [0.3, 0.4) is 0 Å². The molecule has 0 N–H and O–H groups in total.